The lowest BCUT2D eigenvalue weighted by Gasteiger charge is -2.34. The highest BCUT2D eigenvalue weighted by Crippen LogP contribution is 2.29. The summed E-state index contributed by atoms with van der Waals surface area (Å²) in [4.78, 5) is 19.9. The molecule has 1 saturated heterocycles. The molecule has 0 unspecified atom stereocenters. The van der Waals surface area contributed by atoms with Gasteiger partial charge in [0.25, 0.3) is 5.91 Å². The van der Waals surface area contributed by atoms with Crippen LogP contribution in [0.1, 0.15) is 36.3 Å². The number of aromatic nitrogens is 3. The first-order valence-electron chi connectivity index (χ1n) is 10.2. The van der Waals surface area contributed by atoms with Crippen LogP contribution in [0.2, 0.25) is 0 Å². The molecule has 1 atom stereocenters. The van der Waals surface area contributed by atoms with Crippen LogP contribution in [0.3, 0.4) is 0 Å². The molecular formula is C22H26FN5O2. The van der Waals surface area contributed by atoms with Gasteiger partial charge in [-0.05, 0) is 43.5 Å². The molecule has 1 fully saturated rings. The lowest BCUT2D eigenvalue weighted by Crippen LogP contribution is -2.53. The number of phenols is 1. The zero-order valence-corrected chi connectivity index (χ0v) is 17.4. The summed E-state index contributed by atoms with van der Waals surface area (Å²) in [5.41, 5.74) is 2.60. The number of pyridine rings is 1. The Morgan fingerprint density at radius 1 is 1.37 bits per heavy atom. The lowest BCUT2D eigenvalue weighted by atomic mass is 10.0. The quantitative estimate of drug-likeness (QED) is 0.613. The Labute approximate surface area is 174 Å². The summed E-state index contributed by atoms with van der Waals surface area (Å²) in [5, 5.41) is 20.7. The van der Waals surface area contributed by atoms with Crippen LogP contribution in [0.5, 0.6) is 5.75 Å². The number of nitrogens with one attached hydrogen (secondary N) is 2. The van der Waals surface area contributed by atoms with Crippen LogP contribution in [0.25, 0.3) is 22.3 Å². The van der Waals surface area contributed by atoms with Crippen molar-refractivity contribution in [2.24, 2.45) is 5.92 Å². The minimum absolute atomic E-state index is 0.0809. The minimum atomic E-state index is -0.735. The Hall–Kier alpha value is -3.00. The average molecular weight is 411 g/mol. The van der Waals surface area contributed by atoms with E-state index < -0.39 is 11.6 Å². The number of carbonyl (C=O) groups excluding carboxylic acids is 1. The number of benzene rings is 1. The van der Waals surface area contributed by atoms with E-state index in [0.29, 0.717) is 52.6 Å². The predicted molar refractivity (Wildman–Crippen MR) is 113 cm³/mol. The van der Waals surface area contributed by atoms with E-state index in [4.69, 9.17) is 0 Å². The predicted octanol–water partition coefficient (Wildman–Crippen LogP) is 3.24. The Kier molecular flexibility index (Phi) is 5.42. The molecule has 0 bridgehead atoms. The molecule has 30 heavy (non-hydrogen) atoms. The average Bonchev–Trinajstić information content (AvgIpc) is 3.09. The fourth-order valence-electron chi connectivity index (χ4n) is 4.07. The summed E-state index contributed by atoms with van der Waals surface area (Å²) in [7, 11) is 0. The Balaban J connectivity index is 1.74. The van der Waals surface area contributed by atoms with Crippen molar-refractivity contribution < 1.29 is 14.3 Å². The first-order valence-corrected chi connectivity index (χ1v) is 10.2. The lowest BCUT2D eigenvalue weighted by molar-refractivity contribution is 0.0696. The number of amides is 1. The van der Waals surface area contributed by atoms with Crippen molar-refractivity contribution in [3.63, 3.8) is 0 Å². The molecule has 0 aliphatic carbocycles. The number of nitrogens with zero attached hydrogens (tertiary/aromatic N) is 3. The molecule has 7 nitrogen and oxygen atoms in total. The normalized spacial score (nSPS) is 17.1. The third-order valence-electron chi connectivity index (χ3n) is 5.48. The smallest absolute Gasteiger partial charge is 0.254 e. The number of carbonyl (C=O) groups is 1. The van der Waals surface area contributed by atoms with Gasteiger partial charge >= 0.3 is 0 Å². The van der Waals surface area contributed by atoms with E-state index in [1.807, 2.05) is 11.8 Å². The van der Waals surface area contributed by atoms with Crippen molar-refractivity contribution in [2.75, 3.05) is 19.6 Å². The van der Waals surface area contributed by atoms with Crippen molar-refractivity contribution in [3.05, 3.63) is 41.3 Å². The van der Waals surface area contributed by atoms with Gasteiger partial charge in [0, 0.05) is 31.2 Å². The minimum Gasteiger partial charge on any atom is -0.505 e. The van der Waals surface area contributed by atoms with Gasteiger partial charge in [0.2, 0.25) is 0 Å². The van der Waals surface area contributed by atoms with Crippen molar-refractivity contribution in [1.29, 1.82) is 0 Å². The largest absolute Gasteiger partial charge is 0.505 e. The Morgan fingerprint density at radius 2 is 2.17 bits per heavy atom. The molecule has 1 aromatic carbocycles. The van der Waals surface area contributed by atoms with Crippen molar-refractivity contribution in [1.82, 2.24) is 25.4 Å². The van der Waals surface area contributed by atoms with E-state index in [-0.39, 0.29) is 11.9 Å². The highest BCUT2D eigenvalue weighted by molar-refractivity contribution is 6.07. The maximum Gasteiger partial charge on any atom is 0.254 e. The van der Waals surface area contributed by atoms with Crippen LogP contribution in [-0.2, 0) is 0 Å². The van der Waals surface area contributed by atoms with Gasteiger partial charge in [-0.1, -0.05) is 13.8 Å². The van der Waals surface area contributed by atoms with E-state index in [0.717, 1.165) is 13.0 Å². The van der Waals surface area contributed by atoms with Crippen LogP contribution >= 0.6 is 0 Å². The van der Waals surface area contributed by atoms with E-state index in [1.165, 1.54) is 12.1 Å². The molecule has 0 spiro atoms. The number of rotatable bonds is 4. The molecule has 1 aliphatic heterocycles. The molecule has 3 N–H and O–H groups in total. The number of aryl methyl sites for hydroxylation is 1. The summed E-state index contributed by atoms with van der Waals surface area (Å²) in [5.74, 6) is -0.702. The van der Waals surface area contributed by atoms with Crippen molar-refractivity contribution in [2.45, 2.75) is 33.2 Å². The summed E-state index contributed by atoms with van der Waals surface area (Å²) >= 11 is 0. The first-order chi connectivity index (χ1) is 14.3. The van der Waals surface area contributed by atoms with Crippen molar-refractivity contribution >= 4 is 16.9 Å². The highest BCUT2D eigenvalue weighted by atomic mass is 19.1. The Morgan fingerprint density at radius 3 is 2.90 bits per heavy atom. The van der Waals surface area contributed by atoms with Gasteiger partial charge in [-0.2, -0.15) is 5.10 Å². The van der Waals surface area contributed by atoms with E-state index >= 15 is 0 Å². The Bertz CT molecular complexity index is 1090. The maximum atomic E-state index is 13.9. The summed E-state index contributed by atoms with van der Waals surface area (Å²) in [6, 6.07) is 6.02. The van der Waals surface area contributed by atoms with Gasteiger partial charge in [-0.3, -0.25) is 9.89 Å². The monoisotopic (exact) mass is 411 g/mol. The summed E-state index contributed by atoms with van der Waals surface area (Å²) < 4.78 is 13.9. The second-order valence-electron chi connectivity index (χ2n) is 8.29. The molecule has 3 aromatic rings. The molecule has 2 aromatic heterocycles. The zero-order valence-electron chi connectivity index (χ0n) is 17.4. The molecular weight excluding hydrogens is 385 g/mol. The van der Waals surface area contributed by atoms with Crippen LogP contribution < -0.4 is 5.32 Å². The molecule has 4 rings (SSSR count). The fourth-order valence-corrected chi connectivity index (χ4v) is 4.07. The van der Waals surface area contributed by atoms with Gasteiger partial charge in [-0.25, -0.2) is 9.37 Å². The van der Waals surface area contributed by atoms with Crippen LogP contribution in [0.15, 0.2) is 24.3 Å². The number of hydrogen-bond donors (Lipinski definition) is 3. The number of fused-ring (bicyclic) bond motifs is 1. The number of phenolic OH excluding ortho intramolecular Hbond substituents is 1. The SMILES string of the molecule is Cc1n[nH]c2nc(-c3ccc(O)c(F)c3)cc(C(=O)N3CCN[C@@H](CC(C)C)C3)c12. The van der Waals surface area contributed by atoms with Gasteiger partial charge in [0.05, 0.1) is 22.3 Å². The maximum absolute atomic E-state index is 13.9. The number of halogens is 1. The zero-order chi connectivity index (χ0) is 21.4. The van der Waals surface area contributed by atoms with Gasteiger partial charge in [0.15, 0.2) is 17.2 Å². The molecule has 3 heterocycles. The molecule has 0 radical (unpaired) electrons. The van der Waals surface area contributed by atoms with Crippen LogP contribution in [0.4, 0.5) is 4.39 Å². The van der Waals surface area contributed by atoms with Gasteiger partial charge < -0.3 is 15.3 Å². The van der Waals surface area contributed by atoms with Gasteiger partial charge in [-0.15, -0.1) is 0 Å². The van der Waals surface area contributed by atoms with Gasteiger partial charge in [0.1, 0.15) is 0 Å². The molecule has 158 valence electrons. The molecule has 0 saturated carbocycles. The molecule has 8 heteroatoms. The van der Waals surface area contributed by atoms with Crippen LogP contribution in [0, 0.1) is 18.7 Å². The number of H-pyrrole nitrogens is 1. The van der Waals surface area contributed by atoms with Crippen molar-refractivity contribution in [3.8, 4) is 17.0 Å². The van der Waals surface area contributed by atoms with Crippen LogP contribution in [-0.4, -0.2) is 56.8 Å². The summed E-state index contributed by atoms with van der Waals surface area (Å²) in [6.07, 6.45) is 0.998. The molecule has 1 aliphatic rings. The van der Waals surface area contributed by atoms with E-state index in [1.54, 1.807) is 12.1 Å². The molecule has 1 amide bonds. The second-order valence-corrected chi connectivity index (χ2v) is 8.29. The summed E-state index contributed by atoms with van der Waals surface area (Å²) in [6.45, 7) is 8.19. The fraction of sp³-hybridized carbons (Fsp3) is 0.409. The topological polar surface area (TPSA) is 94.1 Å². The third kappa shape index (κ3) is 3.87. The number of aromatic hydroxyl groups is 1. The number of piperazine rings is 1. The number of hydrogen-bond acceptors (Lipinski definition) is 5. The first kappa shape index (κ1) is 20.3. The standard InChI is InChI=1S/C22H26FN5O2/c1-12(2)8-15-11-28(7-6-24-15)22(30)16-10-18(14-4-5-19(29)17(23)9-14)25-21-20(16)13(3)26-27-21/h4-5,9-10,12,15,24,29H,6-8,11H2,1-3H3,(H,25,26,27)/t15-/m0/s1. The number of aromatic amines is 1. The second kappa shape index (κ2) is 8.02. The highest BCUT2D eigenvalue weighted by Gasteiger charge is 2.27. The van der Waals surface area contributed by atoms with E-state index in [2.05, 4.69) is 34.3 Å². The van der Waals surface area contributed by atoms with E-state index in [9.17, 15) is 14.3 Å². The third-order valence-corrected chi connectivity index (χ3v) is 5.48.